The van der Waals surface area contributed by atoms with Crippen molar-refractivity contribution in [3.8, 4) is 0 Å². The van der Waals surface area contributed by atoms with E-state index < -0.39 is 0 Å². The van der Waals surface area contributed by atoms with Gasteiger partial charge < -0.3 is 10.1 Å². The fourth-order valence-electron chi connectivity index (χ4n) is 5.03. The molecular weight excluding hydrogens is 396 g/mol. The van der Waals surface area contributed by atoms with Crippen molar-refractivity contribution in [3.05, 3.63) is 52.3 Å². The largest absolute Gasteiger partial charge is 0.441 e. The number of nitrogens with zero attached hydrogens (tertiary/aromatic N) is 3. The van der Waals surface area contributed by atoms with Crippen LogP contribution in [0, 0.1) is 5.92 Å². The molecule has 2 aromatic rings. The van der Waals surface area contributed by atoms with Crippen LogP contribution in [0.2, 0.25) is 5.02 Å². The van der Waals surface area contributed by atoms with Crippen molar-refractivity contribution < 1.29 is 9.53 Å². The molecule has 1 spiro atoms. The molecule has 3 heterocycles. The smallest absolute Gasteiger partial charge is 0.407 e. The molecule has 148 valence electrons. The zero-order valence-corrected chi connectivity index (χ0v) is 17.3. The molecular formula is C20H23ClN4O2S. The number of ether oxygens (including phenoxy) is 1. The summed E-state index contributed by atoms with van der Waals surface area (Å²) < 4.78 is 7.35. The highest BCUT2D eigenvalue weighted by molar-refractivity contribution is 7.80. The number of thiol groups is 1. The maximum atomic E-state index is 11.4. The third kappa shape index (κ3) is 2.91. The van der Waals surface area contributed by atoms with Gasteiger partial charge in [0.05, 0.1) is 28.8 Å². The quantitative estimate of drug-likeness (QED) is 0.746. The van der Waals surface area contributed by atoms with E-state index in [1.807, 2.05) is 11.7 Å². The topological polar surface area (TPSA) is 59.4 Å². The number of halogens is 1. The lowest BCUT2D eigenvalue weighted by atomic mass is 9.70. The first-order valence-electron chi connectivity index (χ1n) is 9.62. The molecule has 1 aliphatic carbocycles. The molecule has 1 aromatic heterocycles. The second-order valence-corrected chi connectivity index (χ2v) is 9.08. The Bertz CT molecular complexity index is 907. The lowest BCUT2D eigenvalue weighted by Crippen LogP contribution is -2.50. The van der Waals surface area contributed by atoms with Gasteiger partial charge in [0.25, 0.3) is 0 Å². The van der Waals surface area contributed by atoms with Gasteiger partial charge in [0.1, 0.15) is 5.60 Å². The number of alkyl carbamates (subject to hydrolysis) is 1. The molecule has 3 aliphatic rings. The molecule has 28 heavy (non-hydrogen) atoms. The lowest BCUT2D eigenvalue weighted by Gasteiger charge is -2.45. The summed E-state index contributed by atoms with van der Waals surface area (Å²) in [6.45, 7) is 1.54. The normalized spacial score (nSPS) is 31.5. The monoisotopic (exact) mass is 418 g/mol. The molecule has 1 amide bonds. The number of rotatable bonds is 4. The summed E-state index contributed by atoms with van der Waals surface area (Å²) in [4.78, 5) is 13.9. The van der Waals surface area contributed by atoms with Crippen LogP contribution in [0.1, 0.15) is 41.1 Å². The maximum absolute atomic E-state index is 11.4. The van der Waals surface area contributed by atoms with E-state index in [1.165, 1.54) is 11.1 Å². The number of aromatic nitrogens is 2. The van der Waals surface area contributed by atoms with Gasteiger partial charge in [0, 0.05) is 26.1 Å². The predicted molar refractivity (Wildman–Crippen MR) is 109 cm³/mol. The van der Waals surface area contributed by atoms with Gasteiger partial charge >= 0.3 is 6.09 Å². The summed E-state index contributed by atoms with van der Waals surface area (Å²) in [7, 11) is 1.93. The Morgan fingerprint density at radius 2 is 2.11 bits per heavy atom. The van der Waals surface area contributed by atoms with Gasteiger partial charge in [-0.05, 0) is 29.9 Å². The number of carbonyl (C=O) groups excluding carboxylic acids is 1. The second kappa shape index (κ2) is 6.68. The van der Waals surface area contributed by atoms with Gasteiger partial charge in [-0.2, -0.15) is 17.7 Å². The lowest BCUT2D eigenvalue weighted by molar-refractivity contribution is -0.0588. The summed E-state index contributed by atoms with van der Waals surface area (Å²) in [5.41, 5.74) is 3.31. The number of benzene rings is 1. The minimum Gasteiger partial charge on any atom is -0.441 e. The molecule has 2 unspecified atom stereocenters. The SMILES string of the molecule is Cn1ncc(Cl)c1CC1c2ccccc2C(S)N1CC1CC2(CNC(=O)O2)C1. The molecule has 2 aliphatic heterocycles. The number of nitrogens with one attached hydrogen (secondary N) is 1. The molecule has 8 heteroatoms. The molecule has 1 aromatic carbocycles. The van der Waals surface area contributed by atoms with Crippen molar-refractivity contribution in [2.45, 2.75) is 36.3 Å². The number of amides is 1. The van der Waals surface area contributed by atoms with Gasteiger partial charge in [0.2, 0.25) is 0 Å². The van der Waals surface area contributed by atoms with E-state index in [2.05, 4.69) is 39.6 Å². The van der Waals surface area contributed by atoms with Crippen LogP contribution in [0.25, 0.3) is 0 Å². The zero-order chi connectivity index (χ0) is 19.5. The molecule has 1 saturated carbocycles. The Morgan fingerprint density at radius 3 is 2.75 bits per heavy atom. The summed E-state index contributed by atoms with van der Waals surface area (Å²) >= 11 is 11.4. The number of hydrogen-bond acceptors (Lipinski definition) is 5. The molecule has 1 saturated heterocycles. The van der Waals surface area contributed by atoms with Gasteiger partial charge in [-0.15, -0.1) is 0 Å². The fourth-order valence-corrected chi connectivity index (χ4v) is 5.76. The number of carbonyl (C=O) groups is 1. The first kappa shape index (κ1) is 18.3. The highest BCUT2D eigenvalue weighted by atomic mass is 35.5. The maximum Gasteiger partial charge on any atom is 0.407 e. The Kier molecular flexibility index (Phi) is 4.37. The van der Waals surface area contributed by atoms with Crippen LogP contribution in [0.15, 0.2) is 30.5 Å². The molecule has 0 bridgehead atoms. The average molecular weight is 419 g/mol. The third-order valence-corrected chi connectivity index (χ3v) is 7.29. The number of fused-ring (bicyclic) bond motifs is 1. The van der Waals surface area contributed by atoms with E-state index in [0.717, 1.165) is 31.5 Å². The second-order valence-electron chi connectivity index (χ2n) is 8.18. The van der Waals surface area contributed by atoms with Gasteiger partial charge in [-0.3, -0.25) is 9.58 Å². The molecule has 1 N–H and O–H groups in total. The summed E-state index contributed by atoms with van der Waals surface area (Å²) in [5, 5.41) is 7.83. The van der Waals surface area contributed by atoms with E-state index in [-0.39, 0.29) is 23.1 Å². The van der Waals surface area contributed by atoms with Crippen molar-refractivity contribution in [3.63, 3.8) is 0 Å². The van der Waals surface area contributed by atoms with E-state index >= 15 is 0 Å². The molecule has 5 rings (SSSR count). The molecule has 6 nitrogen and oxygen atoms in total. The van der Waals surface area contributed by atoms with Gasteiger partial charge in [0.15, 0.2) is 0 Å². The highest BCUT2D eigenvalue weighted by Gasteiger charge is 2.52. The van der Waals surface area contributed by atoms with E-state index in [0.29, 0.717) is 17.5 Å². The Labute approximate surface area is 174 Å². The van der Waals surface area contributed by atoms with Crippen LogP contribution >= 0.6 is 24.2 Å². The summed E-state index contributed by atoms with van der Waals surface area (Å²) in [6.07, 6.45) is 4.01. The van der Waals surface area contributed by atoms with Crippen LogP contribution in [0.4, 0.5) is 4.79 Å². The van der Waals surface area contributed by atoms with Crippen LogP contribution in [0.3, 0.4) is 0 Å². The van der Waals surface area contributed by atoms with Crippen LogP contribution < -0.4 is 5.32 Å². The van der Waals surface area contributed by atoms with E-state index in [9.17, 15) is 4.79 Å². The standard InChI is InChI=1S/C20H23ClN4O2S/c1-24-17(15(21)9-23-24)6-16-13-4-2-3-5-14(13)18(28)25(16)10-12-7-20(8-12)11-22-19(26)27-20/h2-5,9,12,16,18,28H,6-8,10-11H2,1H3,(H,22,26). The molecule has 0 radical (unpaired) electrons. The van der Waals surface area contributed by atoms with Crippen molar-refractivity contribution in [1.29, 1.82) is 0 Å². The van der Waals surface area contributed by atoms with Gasteiger partial charge in [-0.25, -0.2) is 4.79 Å². The van der Waals surface area contributed by atoms with Gasteiger partial charge in [-0.1, -0.05) is 35.9 Å². The van der Waals surface area contributed by atoms with Crippen molar-refractivity contribution in [1.82, 2.24) is 20.0 Å². The Hall–Kier alpha value is -1.70. The summed E-state index contributed by atoms with van der Waals surface area (Å²) in [6, 6.07) is 8.71. The minimum atomic E-state index is -0.290. The Morgan fingerprint density at radius 1 is 1.36 bits per heavy atom. The highest BCUT2D eigenvalue weighted by Crippen LogP contribution is 2.50. The number of hydrogen-bond donors (Lipinski definition) is 2. The van der Waals surface area contributed by atoms with Crippen molar-refractivity contribution in [2.24, 2.45) is 13.0 Å². The van der Waals surface area contributed by atoms with E-state index in [1.54, 1.807) is 6.20 Å². The minimum absolute atomic E-state index is 0.0500. The molecule has 2 atom stereocenters. The van der Waals surface area contributed by atoms with Crippen LogP contribution in [0.5, 0.6) is 0 Å². The first-order chi connectivity index (χ1) is 13.5. The van der Waals surface area contributed by atoms with Crippen LogP contribution in [-0.4, -0.2) is 39.5 Å². The fraction of sp³-hybridized carbons (Fsp3) is 0.500. The van der Waals surface area contributed by atoms with Crippen LogP contribution in [-0.2, 0) is 18.2 Å². The predicted octanol–water partition coefficient (Wildman–Crippen LogP) is 3.49. The van der Waals surface area contributed by atoms with Crippen molar-refractivity contribution in [2.75, 3.05) is 13.1 Å². The van der Waals surface area contributed by atoms with E-state index in [4.69, 9.17) is 29.0 Å². The summed E-state index contributed by atoms with van der Waals surface area (Å²) in [5.74, 6) is 0.487. The number of aryl methyl sites for hydroxylation is 1. The third-order valence-electron chi connectivity index (χ3n) is 6.40. The average Bonchev–Trinajstić information content (AvgIpc) is 3.27. The molecule has 2 fully saturated rings. The first-order valence-corrected chi connectivity index (χ1v) is 10.5. The Balaban J connectivity index is 1.37. The zero-order valence-electron chi connectivity index (χ0n) is 15.6. The van der Waals surface area contributed by atoms with Crippen molar-refractivity contribution >= 4 is 30.3 Å².